The molecule has 1 aromatic heterocycles. The van der Waals surface area contributed by atoms with Crippen LogP contribution in [0.4, 0.5) is 5.82 Å². The predicted molar refractivity (Wildman–Crippen MR) is 84.6 cm³/mol. The number of hydrogen-bond donors (Lipinski definition) is 1. The first-order valence-electron chi connectivity index (χ1n) is 7.55. The maximum absolute atomic E-state index is 9.42. The van der Waals surface area contributed by atoms with Crippen molar-refractivity contribution in [1.82, 2.24) is 4.98 Å². The molecule has 2 aromatic rings. The Kier molecular flexibility index (Phi) is 3.87. The number of aromatic nitrogens is 1. The van der Waals surface area contributed by atoms with Crippen LogP contribution in [0, 0.1) is 11.3 Å². The van der Waals surface area contributed by atoms with Gasteiger partial charge in [-0.25, -0.2) is 4.98 Å². The molecule has 2 N–H and O–H groups in total. The molecule has 106 valence electrons. The van der Waals surface area contributed by atoms with Crippen LogP contribution in [0.2, 0.25) is 0 Å². The molecule has 21 heavy (non-hydrogen) atoms. The molecule has 0 radical (unpaired) electrons. The van der Waals surface area contributed by atoms with Gasteiger partial charge in [-0.15, -0.1) is 0 Å². The van der Waals surface area contributed by atoms with Crippen molar-refractivity contribution < 1.29 is 0 Å². The molecule has 0 unspecified atom stereocenters. The van der Waals surface area contributed by atoms with E-state index < -0.39 is 0 Å². The number of nitrogens with two attached hydrogens (primary N) is 1. The second-order valence-corrected chi connectivity index (χ2v) is 5.67. The zero-order chi connectivity index (χ0) is 14.7. The van der Waals surface area contributed by atoms with Gasteiger partial charge in [0, 0.05) is 5.56 Å². The van der Waals surface area contributed by atoms with Crippen LogP contribution in [0.5, 0.6) is 0 Å². The van der Waals surface area contributed by atoms with Crippen LogP contribution in [0.1, 0.15) is 49.1 Å². The topological polar surface area (TPSA) is 62.7 Å². The summed E-state index contributed by atoms with van der Waals surface area (Å²) in [4.78, 5) is 4.42. The van der Waals surface area contributed by atoms with Crippen LogP contribution >= 0.6 is 0 Å². The molecule has 0 atom stereocenters. The highest BCUT2D eigenvalue weighted by molar-refractivity contribution is 5.66. The van der Waals surface area contributed by atoms with Gasteiger partial charge >= 0.3 is 0 Å². The lowest BCUT2D eigenvalue weighted by Crippen LogP contribution is -2.09. The summed E-state index contributed by atoms with van der Waals surface area (Å²) < 4.78 is 0. The maximum Gasteiger partial charge on any atom is 0.142 e. The fraction of sp³-hybridized carbons (Fsp3) is 0.333. The summed E-state index contributed by atoms with van der Waals surface area (Å²) in [5, 5.41) is 9.42. The minimum absolute atomic E-state index is 0.361. The zero-order valence-electron chi connectivity index (χ0n) is 12.0. The van der Waals surface area contributed by atoms with Gasteiger partial charge in [-0.2, -0.15) is 5.26 Å². The van der Waals surface area contributed by atoms with E-state index in [4.69, 9.17) is 5.73 Å². The van der Waals surface area contributed by atoms with E-state index in [9.17, 15) is 5.26 Å². The number of anilines is 1. The Labute approximate surface area is 125 Å². The molecule has 3 rings (SSSR count). The number of rotatable bonds is 2. The number of pyridine rings is 1. The molecule has 0 saturated heterocycles. The molecule has 3 nitrogen and oxygen atoms in total. The van der Waals surface area contributed by atoms with E-state index in [1.54, 1.807) is 0 Å². The second kappa shape index (κ2) is 5.97. The van der Waals surface area contributed by atoms with Crippen LogP contribution in [0.3, 0.4) is 0 Å². The fourth-order valence-corrected chi connectivity index (χ4v) is 3.20. The average molecular weight is 277 g/mol. The zero-order valence-corrected chi connectivity index (χ0v) is 12.0. The SMILES string of the molecule is N#Cc1c(C2CCCCC2)cc(-c2ccccc2)nc1N. The van der Waals surface area contributed by atoms with Gasteiger partial charge in [-0.1, -0.05) is 49.6 Å². The van der Waals surface area contributed by atoms with Gasteiger partial charge in [0.25, 0.3) is 0 Å². The van der Waals surface area contributed by atoms with Gasteiger partial charge in [0.2, 0.25) is 0 Å². The second-order valence-electron chi connectivity index (χ2n) is 5.67. The molecule has 1 heterocycles. The van der Waals surface area contributed by atoms with Crippen molar-refractivity contribution in [2.24, 2.45) is 0 Å². The highest BCUT2D eigenvalue weighted by Gasteiger charge is 2.21. The smallest absolute Gasteiger partial charge is 0.142 e. The van der Waals surface area contributed by atoms with Crippen molar-refractivity contribution in [3.8, 4) is 17.3 Å². The van der Waals surface area contributed by atoms with E-state index >= 15 is 0 Å². The van der Waals surface area contributed by atoms with Crippen LogP contribution in [-0.2, 0) is 0 Å². The van der Waals surface area contributed by atoms with Gasteiger partial charge in [0.15, 0.2) is 0 Å². The molecule has 0 aliphatic heterocycles. The van der Waals surface area contributed by atoms with Crippen LogP contribution in [0.15, 0.2) is 36.4 Å². The molecule has 1 aliphatic carbocycles. The van der Waals surface area contributed by atoms with E-state index in [2.05, 4.69) is 17.1 Å². The quantitative estimate of drug-likeness (QED) is 0.892. The lowest BCUT2D eigenvalue weighted by Gasteiger charge is -2.23. The normalized spacial score (nSPS) is 15.6. The highest BCUT2D eigenvalue weighted by atomic mass is 14.8. The molecule has 3 heteroatoms. The number of hydrogen-bond acceptors (Lipinski definition) is 3. The van der Waals surface area contributed by atoms with Crippen molar-refractivity contribution in [3.05, 3.63) is 47.5 Å². The maximum atomic E-state index is 9.42. The average Bonchev–Trinajstić information content (AvgIpc) is 2.55. The fourth-order valence-electron chi connectivity index (χ4n) is 3.20. The van der Waals surface area contributed by atoms with E-state index in [0.29, 0.717) is 17.3 Å². The molecular formula is C18H19N3. The molecule has 1 aliphatic rings. The number of nitrogens with zero attached hydrogens (tertiary/aromatic N) is 2. The van der Waals surface area contributed by atoms with Gasteiger partial charge < -0.3 is 5.73 Å². The first kappa shape index (κ1) is 13.6. The molecule has 0 amide bonds. The lowest BCUT2D eigenvalue weighted by atomic mass is 9.82. The molecule has 0 bridgehead atoms. The van der Waals surface area contributed by atoms with Crippen molar-refractivity contribution in [2.45, 2.75) is 38.0 Å². The van der Waals surface area contributed by atoms with E-state index in [-0.39, 0.29) is 0 Å². The first-order chi connectivity index (χ1) is 10.3. The Hall–Kier alpha value is -2.34. The third-order valence-corrected chi connectivity index (χ3v) is 4.30. The first-order valence-corrected chi connectivity index (χ1v) is 7.55. The summed E-state index contributed by atoms with van der Waals surface area (Å²) in [6.45, 7) is 0. The lowest BCUT2D eigenvalue weighted by molar-refractivity contribution is 0.443. The Morgan fingerprint density at radius 3 is 2.48 bits per heavy atom. The standard InChI is InChI=1S/C18H19N3/c19-12-16-15(13-7-3-1-4-8-13)11-17(21-18(16)20)14-9-5-2-6-10-14/h2,5-6,9-11,13H,1,3-4,7-8H2,(H2,20,21). The van der Waals surface area contributed by atoms with Gasteiger partial charge in [-0.3, -0.25) is 0 Å². The predicted octanol–water partition coefficient (Wildman–Crippen LogP) is 4.25. The minimum atomic E-state index is 0.361. The summed E-state index contributed by atoms with van der Waals surface area (Å²) in [5.41, 5.74) is 9.62. The monoisotopic (exact) mass is 277 g/mol. The number of nitrogen functional groups attached to an aromatic ring is 1. The van der Waals surface area contributed by atoms with E-state index in [0.717, 1.165) is 29.7 Å². The van der Waals surface area contributed by atoms with E-state index in [1.807, 2.05) is 30.3 Å². The van der Waals surface area contributed by atoms with Crippen molar-refractivity contribution in [3.63, 3.8) is 0 Å². The Balaban J connectivity index is 2.09. The van der Waals surface area contributed by atoms with Crippen LogP contribution < -0.4 is 5.73 Å². The summed E-state index contributed by atoms with van der Waals surface area (Å²) in [5.74, 6) is 0.806. The van der Waals surface area contributed by atoms with E-state index in [1.165, 1.54) is 19.3 Å². The molecular weight excluding hydrogens is 258 g/mol. The van der Waals surface area contributed by atoms with Gasteiger partial charge in [0.1, 0.15) is 11.9 Å². The number of benzene rings is 1. The Bertz CT molecular complexity index is 665. The largest absolute Gasteiger partial charge is 0.383 e. The van der Waals surface area contributed by atoms with Gasteiger partial charge in [-0.05, 0) is 30.4 Å². The summed E-state index contributed by atoms with van der Waals surface area (Å²) in [6.07, 6.45) is 6.06. The molecule has 1 aromatic carbocycles. The summed E-state index contributed by atoms with van der Waals surface area (Å²) in [6, 6.07) is 14.3. The van der Waals surface area contributed by atoms with Crippen LogP contribution in [0.25, 0.3) is 11.3 Å². The minimum Gasteiger partial charge on any atom is -0.383 e. The summed E-state index contributed by atoms with van der Waals surface area (Å²) >= 11 is 0. The summed E-state index contributed by atoms with van der Waals surface area (Å²) in [7, 11) is 0. The van der Waals surface area contributed by atoms with Crippen molar-refractivity contribution in [1.29, 1.82) is 5.26 Å². The van der Waals surface area contributed by atoms with Crippen molar-refractivity contribution >= 4 is 5.82 Å². The Morgan fingerprint density at radius 1 is 1.10 bits per heavy atom. The molecule has 1 saturated carbocycles. The van der Waals surface area contributed by atoms with Crippen molar-refractivity contribution in [2.75, 3.05) is 5.73 Å². The molecule has 1 fully saturated rings. The Morgan fingerprint density at radius 2 is 1.81 bits per heavy atom. The van der Waals surface area contributed by atoms with Gasteiger partial charge in [0.05, 0.1) is 11.3 Å². The third-order valence-electron chi connectivity index (χ3n) is 4.30. The highest BCUT2D eigenvalue weighted by Crippen LogP contribution is 2.37. The number of nitriles is 1. The third kappa shape index (κ3) is 2.75. The molecule has 0 spiro atoms. The van der Waals surface area contributed by atoms with Crippen LogP contribution in [-0.4, -0.2) is 4.98 Å².